The molecule has 1 aliphatic carbocycles. The average Bonchev–Trinajstić information content (AvgIpc) is 3.44. The Labute approximate surface area is 166 Å². The predicted molar refractivity (Wildman–Crippen MR) is 114 cm³/mol. The number of carboxylic acid groups (broad SMARTS) is 1. The molecule has 1 saturated carbocycles. The number of rotatable bonds is 16. The third kappa shape index (κ3) is 13.5. The molecule has 0 heterocycles. The second kappa shape index (κ2) is 14.7. The standard InChI is InChI=1S/C24H40O3/c1-3-4-5-6-7-11-14-22(21-16-17-21)19-23(25)18-20(2)13-10-8-9-12-15-24(26)27/h7,11-12,15,18,21-23,25H,3-6,8-10,13-14,16-17,19H2,1-2H3,(H,26,27). The highest BCUT2D eigenvalue weighted by atomic mass is 16.4. The largest absolute Gasteiger partial charge is 0.478 e. The molecule has 1 rings (SSSR count). The minimum atomic E-state index is -0.879. The topological polar surface area (TPSA) is 57.5 Å². The SMILES string of the molecule is CCCCCC=CCC(CC(O)C=C(C)CCCCC=CC(=O)O)C1CC1. The number of hydrogen-bond donors (Lipinski definition) is 2. The Morgan fingerprint density at radius 2 is 1.78 bits per heavy atom. The van der Waals surface area contributed by atoms with Crippen LogP contribution in [0.25, 0.3) is 0 Å². The van der Waals surface area contributed by atoms with Crippen molar-refractivity contribution in [1.82, 2.24) is 0 Å². The van der Waals surface area contributed by atoms with Gasteiger partial charge in [0.15, 0.2) is 0 Å². The average molecular weight is 377 g/mol. The van der Waals surface area contributed by atoms with Gasteiger partial charge in [0.05, 0.1) is 6.10 Å². The summed E-state index contributed by atoms with van der Waals surface area (Å²) in [6, 6.07) is 0. The summed E-state index contributed by atoms with van der Waals surface area (Å²) in [7, 11) is 0. The van der Waals surface area contributed by atoms with Crippen LogP contribution in [0.4, 0.5) is 0 Å². The lowest BCUT2D eigenvalue weighted by Crippen LogP contribution is -2.13. The first-order valence-corrected chi connectivity index (χ1v) is 10.9. The zero-order chi connectivity index (χ0) is 19.9. The number of allylic oxidation sites excluding steroid dienone is 4. The van der Waals surface area contributed by atoms with Gasteiger partial charge in [-0.05, 0) is 83.0 Å². The Hall–Kier alpha value is -1.35. The van der Waals surface area contributed by atoms with Crippen LogP contribution in [0.15, 0.2) is 36.0 Å². The summed E-state index contributed by atoms with van der Waals surface area (Å²) in [4.78, 5) is 10.4. The van der Waals surface area contributed by atoms with E-state index in [9.17, 15) is 9.90 Å². The van der Waals surface area contributed by atoms with Crippen LogP contribution >= 0.6 is 0 Å². The zero-order valence-electron chi connectivity index (χ0n) is 17.4. The van der Waals surface area contributed by atoms with Crippen molar-refractivity contribution in [2.45, 2.75) is 97.0 Å². The van der Waals surface area contributed by atoms with E-state index in [1.807, 2.05) is 6.08 Å². The van der Waals surface area contributed by atoms with Crippen LogP contribution in [0.5, 0.6) is 0 Å². The lowest BCUT2D eigenvalue weighted by Gasteiger charge is -2.17. The first-order valence-electron chi connectivity index (χ1n) is 10.9. The van der Waals surface area contributed by atoms with Crippen molar-refractivity contribution >= 4 is 5.97 Å². The van der Waals surface area contributed by atoms with E-state index in [-0.39, 0.29) is 6.10 Å². The van der Waals surface area contributed by atoms with E-state index in [0.29, 0.717) is 5.92 Å². The summed E-state index contributed by atoms with van der Waals surface area (Å²) < 4.78 is 0. The number of unbranched alkanes of at least 4 members (excludes halogenated alkanes) is 5. The number of carboxylic acids is 1. The van der Waals surface area contributed by atoms with Crippen molar-refractivity contribution in [3.63, 3.8) is 0 Å². The van der Waals surface area contributed by atoms with E-state index in [0.717, 1.165) is 44.4 Å². The Morgan fingerprint density at radius 1 is 1.07 bits per heavy atom. The molecular formula is C24H40O3. The smallest absolute Gasteiger partial charge is 0.327 e. The number of aliphatic hydroxyl groups is 1. The second-order valence-corrected chi connectivity index (χ2v) is 8.10. The molecule has 0 radical (unpaired) electrons. The van der Waals surface area contributed by atoms with E-state index in [1.165, 1.54) is 50.2 Å². The molecule has 2 atom stereocenters. The highest BCUT2D eigenvalue weighted by Gasteiger charge is 2.31. The molecule has 3 heteroatoms. The van der Waals surface area contributed by atoms with Gasteiger partial charge >= 0.3 is 5.97 Å². The van der Waals surface area contributed by atoms with Crippen LogP contribution in [-0.2, 0) is 4.79 Å². The van der Waals surface area contributed by atoms with Crippen molar-refractivity contribution in [2.24, 2.45) is 11.8 Å². The zero-order valence-corrected chi connectivity index (χ0v) is 17.4. The minimum absolute atomic E-state index is 0.337. The van der Waals surface area contributed by atoms with Gasteiger partial charge in [0.2, 0.25) is 0 Å². The van der Waals surface area contributed by atoms with Gasteiger partial charge < -0.3 is 10.2 Å². The van der Waals surface area contributed by atoms with Gasteiger partial charge in [-0.15, -0.1) is 0 Å². The maximum Gasteiger partial charge on any atom is 0.327 e. The Kier molecular flexibility index (Phi) is 12.9. The van der Waals surface area contributed by atoms with Crippen LogP contribution in [0.2, 0.25) is 0 Å². The van der Waals surface area contributed by atoms with E-state index in [1.54, 1.807) is 6.08 Å². The highest BCUT2D eigenvalue weighted by molar-refractivity contribution is 5.79. The molecule has 154 valence electrons. The molecule has 0 aromatic carbocycles. The minimum Gasteiger partial charge on any atom is -0.478 e. The molecule has 0 saturated heterocycles. The summed E-state index contributed by atoms with van der Waals surface area (Å²) in [5, 5.41) is 19.0. The van der Waals surface area contributed by atoms with Crippen molar-refractivity contribution in [2.75, 3.05) is 0 Å². The lowest BCUT2D eigenvalue weighted by atomic mass is 9.91. The summed E-state index contributed by atoms with van der Waals surface area (Å²) in [5.74, 6) is 0.553. The van der Waals surface area contributed by atoms with Crippen molar-refractivity contribution in [3.05, 3.63) is 36.0 Å². The normalized spacial score (nSPS) is 17.7. The van der Waals surface area contributed by atoms with E-state index in [2.05, 4.69) is 26.0 Å². The molecule has 2 unspecified atom stereocenters. The molecule has 0 aliphatic heterocycles. The molecule has 27 heavy (non-hydrogen) atoms. The van der Waals surface area contributed by atoms with Crippen molar-refractivity contribution in [1.29, 1.82) is 0 Å². The summed E-state index contributed by atoms with van der Waals surface area (Å²) >= 11 is 0. The fraction of sp³-hybridized carbons (Fsp3) is 0.708. The molecule has 1 aliphatic rings. The molecule has 2 N–H and O–H groups in total. The van der Waals surface area contributed by atoms with Gasteiger partial charge in [-0.1, -0.05) is 49.6 Å². The van der Waals surface area contributed by atoms with Gasteiger partial charge in [-0.3, -0.25) is 0 Å². The fourth-order valence-corrected chi connectivity index (χ4v) is 3.59. The maximum atomic E-state index is 10.5. The number of aliphatic hydroxyl groups excluding tert-OH is 1. The van der Waals surface area contributed by atoms with Gasteiger partial charge in [0.1, 0.15) is 0 Å². The van der Waals surface area contributed by atoms with Crippen LogP contribution < -0.4 is 0 Å². The molecular weight excluding hydrogens is 336 g/mol. The van der Waals surface area contributed by atoms with Crippen LogP contribution in [0.1, 0.15) is 90.9 Å². The van der Waals surface area contributed by atoms with Crippen LogP contribution in [0.3, 0.4) is 0 Å². The second-order valence-electron chi connectivity index (χ2n) is 8.10. The Bertz CT molecular complexity index is 486. The quantitative estimate of drug-likeness (QED) is 0.185. The van der Waals surface area contributed by atoms with Gasteiger partial charge in [-0.2, -0.15) is 0 Å². The van der Waals surface area contributed by atoms with Gasteiger partial charge in [0, 0.05) is 6.08 Å². The molecule has 3 nitrogen and oxygen atoms in total. The lowest BCUT2D eigenvalue weighted by molar-refractivity contribution is -0.131. The number of aliphatic carboxylic acids is 1. The third-order valence-electron chi connectivity index (χ3n) is 5.34. The monoisotopic (exact) mass is 376 g/mol. The summed E-state index contributed by atoms with van der Waals surface area (Å²) in [5.41, 5.74) is 1.24. The first kappa shape index (κ1) is 23.7. The van der Waals surface area contributed by atoms with Crippen LogP contribution in [-0.4, -0.2) is 22.3 Å². The van der Waals surface area contributed by atoms with Crippen molar-refractivity contribution in [3.8, 4) is 0 Å². The third-order valence-corrected chi connectivity index (χ3v) is 5.34. The molecule has 0 bridgehead atoms. The summed E-state index contributed by atoms with van der Waals surface area (Å²) in [6.07, 6.45) is 22.8. The molecule has 0 aromatic rings. The molecule has 1 fully saturated rings. The Balaban J connectivity index is 2.26. The summed E-state index contributed by atoms with van der Waals surface area (Å²) in [6.45, 7) is 4.33. The van der Waals surface area contributed by atoms with Crippen LogP contribution in [0, 0.1) is 11.8 Å². The maximum absolute atomic E-state index is 10.5. The number of carbonyl (C=O) groups is 1. The van der Waals surface area contributed by atoms with E-state index >= 15 is 0 Å². The molecule has 0 aromatic heterocycles. The van der Waals surface area contributed by atoms with Gasteiger partial charge in [0.25, 0.3) is 0 Å². The highest BCUT2D eigenvalue weighted by Crippen LogP contribution is 2.41. The van der Waals surface area contributed by atoms with Gasteiger partial charge in [-0.25, -0.2) is 4.79 Å². The number of hydrogen-bond acceptors (Lipinski definition) is 2. The van der Waals surface area contributed by atoms with Crippen molar-refractivity contribution < 1.29 is 15.0 Å². The Morgan fingerprint density at radius 3 is 2.44 bits per heavy atom. The van der Waals surface area contributed by atoms with E-state index < -0.39 is 5.97 Å². The molecule has 0 spiro atoms. The molecule has 0 amide bonds. The predicted octanol–water partition coefficient (Wildman–Crippen LogP) is 6.44. The van der Waals surface area contributed by atoms with E-state index in [4.69, 9.17) is 5.11 Å². The first-order chi connectivity index (χ1) is 13.0. The fourth-order valence-electron chi connectivity index (χ4n) is 3.59.